The zero-order valence-electron chi connectivity index (χ0n) is 21.7. The van der Waals surface area contributed by atoms with Crippen LogP contribution >= 0.6 is 0 Å². The van der Waals surface area contributed by atoms with Crippen molar-refractivity contribution in [3.8, 4) is 23.6 Å². The second-order valence-electron chi connectivity index (χ2n) is 7.46. The molecule has 16 heteroatoms. The smallest absolute Gasteiger partial charge is 0.425 e. The zero-order valence-corrected chi connectivity index (χ0v) is 23.3. The van der Waals surface area contributed by atoms with E-state index in [0.717, 1.165) is 12.8 Å². The Balaban J connectivity index is 0.00000354. The summed E-state index contributed by atoms with van der Waals surface area (Å²) in [5.41, 5.74) is -0.502. The first kappa shape index (κ1) is 36.0. The molecule has 0 bridgehead atoms. The third kappa shape index (κ3) is 16.0. The molecule has 1 aromatic rings. The largest absolute Gasteiger partial charge is 0.492 e. The van der Waals surface area contributed by atoms with E-state index in [1.807, 2.05) is 19.1 Å². The number of nitriles is 2. The maximum absolute atomic E-state index is 10.7. The van der Waals surface area contributed by atoms with Gasteiger partial charge < -0.3 is 18.9 Å². The van der Waals surface area contributed by atoms with E-state index in [1.165, 1.54) is 12.1 Å². The van der Waals surface area contributed by atoms with Gasteiger partial charge in [-0.25, -0.2) is 20.2 Å². The van der Waals surface area contributed by atoms with Gasteiger partial charge in [-0.2, -0.15) is 8.42 Å². The Kier molecular flexibility index (Phi) is 18.8. The Morgan fingerprint density at radius 3 is 1.62 bits per heavy atom. The Hall–Kier alpha value is -4.03. The minimum absolute atomic E-state index is 0.0207. The highest BCUT2D eigenvalue weighted by molar-refractivity contribution is 7.85. The molecular formula is C24H28N4O10S2. The minimum atomic E-state index is -4.00. The van der Waals surface area contributed by atoms with Crippen molar-refractivity contribution < 1.29 is 44.5 Å². The van der Waals surface area contributed by atoms with Crippen LogP contribution in [-0.2, 0) is 30.2 Å². The molecule has 0 radical (unpaired) electrons. The lowest BCUT2D eigenvalue weighted by molar-refractivity contribution is 0.0963. The Labute approximate surface area is 234 Å². The summed E-state index contributed by atoms with van der Waals surface area (Å²) in [5, 5.41) is 19.1. The highest BCUT2D eigenvalue weighted by atomic mass is 32.2. The van der Waals surface area contributed by atoms with Gasteiger partial charge in [-0.15, -0.1) is 12.6 Å². The van der Waals surface area contributed by atoms with E-state index in [9.17, 15) is 18.9 Å². The van der Waals surface area contributed by atoms with Crippen LogP contribution in [0.2, 0.25) is 0 Å². The minimum Gasteiger partial charge on any atom is -0.492 e. The molecule has 0 heterocycles. The molecule has 0 saturated heterocycles. The highest BCUT2D eigenvalue weighted by Gasteiger charge is 2.12. The first-order chi connectivity index (χ1) is 19.0. The van der Waals surface area contributed by atoms with Crippen molar-refractivity contribution in [2.45, 2.75) is 32.6 Å². The van der Waals surface area contributed by atoms with Gasteiger partial charge in [-0.3, -0.25) is 4.55 Å². The Morgan fingerprint density at radius 2 is 1.27 bits per heavy atom. The maximum atomic E-state index is 10.7. The van der Waals surface area contributed by atoms with E-state index < -0.39 is 20.7 Å². The zero-order chi connectivity index (χ0) is 30.4. The first-order valence-corrected chi connectivity index (χ1v) is 14.3. The molecule has 1 rings (SSSR count). The number of benzene rings is 1. The van der Waals surface area contributed by atoms with Crippen molar-refractivity contribution in [3.63, 3.8) is 0 Å². The van der Waals surface area contributed by atoms with Crippen molar-refractivity contribution in [1.29, 1.82) is 10.5 Å². The third-order valence-corrected chi connectivity index (χ3v) is 5.39. The molecule has 0 unspecified atom stereocenters. The molecule has 1 aromatic carbocycles. The summed E-state index contributed by atoms with van der Waals surface area (Å²) in [4.78, 5) is 6.47. The monoisotopic (exact) mass is 596 g/mol. The van der Waals surface area contributed by atoms with Crippen LogP contribution in [0.5, 0.6) is 11.5 Å². The van der Waals surface area contributed by atoms with Crippen LogP contribution in [0.1, 0.15) is 32.6 Å². The molecule has 0 aliphatic rings. The fourth-order valence-corrected chi connectivity index (χ4v) is 3.39. The van der Waals surface area contributed by atoms with Crippen molar-refractivity contribution in [2.75, 3.05) is 45.4 Å². The predicted octanol–water partition coefficient (Wildman–Crippen LogP) is 1.04. The summed E-state index contributed by atoms with van der Waals surface area (Å²) in [7, 11) is -7.11. The third-order valence-electron chi connectivity index (χ3n) is 4.58. The van der Waals surface area contributed by atoms with Crippen molar-refractivity contribution in [2.24, 2.45) is 0 Å². The number of hydrogen-bond donors (Lipinski definition) is 1. The summed E-state index contributed by atoms with van der Waals surface area (Å²) in [6, 6.07) is 6.40. The summed E-state index contributed by atoms with van der Waals surface area (Å²) in [5.74, 6) is -0.0913. The SMILES string of the molecule is O=S(=O)=O.[C-]#[N+]/C(C#N)=c1/cc(OCCOCCCCS(=O)(=O)O)/c(=C(\C#N)[N+]#[C-])cc1OCCOCCCC. The normalized spacial score (nSPS) is 11.8. The van der Waals surface area contributed by atoms with Crippen molar-refractivity contribution >= 4 is 32.1 Å². The van der Waals surface area contributed by atoms with Gasteiger partial charge in [0.25, 0.3) is 21.5 Å². The summed E-state index contributed by atoms with van der Waals surface area (Å²) >= 11 is 0. The molecule has 0 atom stereocenters. The van der Waals surface area contributed by atoms with Crippen LogP contribution in [0.25, 0.3) is 21.1 Å². The van der Waals surface area contributed by atoms with E-state index >= 15 is 0 Å². The van der Waals surface area contributed by atoms with Crippen molar-refractivity contribution in [1.82, 2.24) is 0 Å². The topological polar surface area (TPSA) is 199 Å². The molecule has 0 fully saturated rings. The molecule has 0 amide bonds. The van der Waals surface area contributed by atoms with Gasteiger partial charge in [0, 0.05) is 23.7 Å². The highest BCUT2D eigenvalue weighted by Crippen LogP contribution is 2.12. The van der Waals surface area contributed by atoms with Crippen LogP contribution < -0.4 is 19.9 Å². The van der Waals surface area contributed by atoms with E-state index in [1.54, 1.807) is 0 Å². The summed E-state index contributed by atoms with van der Waals surface area (Å²) in [6.07, 6.45) is 2.56. The van der Waals surface area contributed by atoms with Gasteiger partial charge in [0.2, 0.25) is 0 Å². The molecule has 40 heavy (non-hydrogen) atoms. The molecule has 14 nitrogen and oxygen atoms in total. The van der Waals surface area contributed by atoms with Gasteiger partial charge in [0.15, 0.2) is 0 Å². The molecule has 1 N–H and O–H groups in total. The molecule has 0 spiro atoms. The van der Waals surface area contributed by atoms with Gasteiger partial charge in [-0.1, -0.05) is 13.3 Å². The van der Waals surface area contributed by atoms with Crippen molar-refractivity contribution in [3.05, 3.63) is 45.4 Å². The number of nitrogens with zero attached hydrogens (tertiary/aromatic N) is 4. The lowest BCUT2D eigenvalue weighted by atomic mass is 10.1. The Morgan fingerprint density at radius 1 is 0.850 bits per heavy atom. The second kappa shape index (κ2) is 20.9. The average molecular weight is 597 g/mol. The fourth-order valence-electron chi connectivity index (χ4n) is 2.82. The van der Waals surface area contributed by atoms with Crippen LogP contribution in [0.3, 0.4) is 0 Å². The average Bonchev–Trinajstić information content (AvgIpc) is 2.89. The predicted molar refractivity (Wildman–Crippen MR) is 140 cm³/mol. The second-order valence-corrected chi connectivity index (χ2v) is 9.44. The van der Waals surface area contributed by atoms with E-state index in [2.05, 4.69) is 9.69 Å². The molecule has 0 aliphatic carbocycles. The van der Waals surface area contributed by atoms with E-state index in [4.69, 9.17) is 49.3 Å². The van der Waals surface area contributed by atoms with E-state index in [0.29, 0.717) is 13.0 Å². The van der Waals surface area contributed by atoms with Crippen LogP contribution in [0.4, 0.5) is 0 Å². The van der Waals surface area contributed by atoms with Gasteiger partial charge >= 0.3 is 10.6 Å². The number of ether oxygens (including phenoxy) is 4. The van der Waals surface area contributed by atoms with Crippen LogP contribution in [-0.4, -0.2) is 71.0 Å². The van der Waals surface area contributed by atoms with E-state index in [-0.39, 0.29) is 78.5 Å². The summed E-state index contributed by atoms with van der Waals surface area (Å²) < 4.78 is 77.8. The van der Waals surface area contributed by atoms with Gasteiger partial charge in [-0.05, 0) is 31.4 Å². The van der Waals surface area contributed by atoms with Crippen LogP contribution in [0.15, 0.2) is 12.1 Å². The maximum Gasteiger partial charge on any atom is 0.425 e. The molecular weight excluding hydrogens is 568 g/mol. The Bertz CT molecular complexity index is 1440. The van der Waals surface area contributed by atoms with Crippen LogP contribution in [0, 0.1) is 35.8 Å². The van der Waals surface area contributed by atoms with Gasteiger partial charge in [0.05, 0.1) is 44.2 Å². The molecule has 0 aromatic heterocycles. The fraction of sp³-hybridized carbons (Fsp3) is 0.500. The lowest BCUT2D eigenvalue weighted by Crippen LogP contribution is -2.22. The standard InChI is InChI=1S/C24H28N4O7S.O3S/c1-4-5-8-32-10-12-34-23-15-20(22(18-26)28-3)24(16-19(23)21(17-25)27-2)35-13-11-33-9-6-7-14-36(29,30)31;1-4(2)3/h15-16H,4-14H2,1H3,(H,29,30,31);/b21-19-,22-20+;. The first-order valence-electron chi connectivity index (χ1n) is 11.6. The quantitative estimate of drug-likeness (QED) is 0.162. The molecule has 0 aliphatic heterocycles. The van der Waals surface area contributed by atoms with Gasteiger partial charge in [0.1, 0.15) is 24.7 Å². The summed E-state index contributed by atoms with van der Waals surface area (Å²) in [6.45, 7) is 18.1. The number of rotatable bonds is 16. The molecule has 216 valence electrons. The number of hydrogen-bond acceptors (Lipinski definition) is 11. The lowest BCUT2D eigenvalue weighted by Gasteiger charge is -2.13. The number of unbranched alkanes of at least 4 members (excludes halogenated alkanes) is 2. The molecule has 0 saturated carbocycles.